The van der Waals surface area contributed by atoms with Gasteiger partial charge in [-0.1, -0.05) is 12.1 Å². The second-order valence-corrected chi connectivity index (χ2v) is 8.01. The predicted octanol–water partition coefficient (Wildman–Crippen LogP) is 2.59. The van der Waals surface area contributed by atoms with E-state index in [0.29, 0.717) is 16.5 Å². The SMILES string of the molecule is CC(=O)Nc1ccccc1-c1ncc(C(=O)NC2CN3CCC2CC3)s1. The molecule has 3 saturated heterocycles. The number of rotatable bonds is 4. The summed E-state index contributed by atoms with van der Waals surface area (Å²) in [5.41, 5.74) is 1.54. The van der Waals surface area contributed by atoms with Crippen LogP contribution in [-0.2, 0) is 4.79 Å². The minimum absolute atomic E-state index is 0.0514. The zero-order valence-corrected chi connectivity index (χ0v) is 15.5. The fraction of sp³-hybridized carbons (Fsp3) is 0.421. The molecule has 1 atom stereocenters. The van der Waals surface area contributed by atoms with E-state index in [-0.39, 0.29) is 17.9 Å². The van der Waals surface area contributed by atoms with Crippen molar-refractivity contribution in [3.05, 3.63) is 35.3 Å². The molecular formula is C19H22N4O2S. The number of nitrogens with one attached hydrogen (secondary N) is 2. The molecule has 2 aromatic rings. The van der Waals surface area contributed by atoms with Gasteiger partial charge in [0.05, 0.1) is 11.9 Å². The van der Waals surface area contributed by atoms with Crippen molar-refractivity contribution in [2.24, 2.45) is 5.92 Å². The summed E-state index contributed by atoms with van der Waals surface area (Å²) < 4.78 is 0. The molecule has 1 unspecified atom stereocenters. The summed E-state index contributed by atoms with van der Waals surface area (Å²) in [5.74, 6) is 0.413. The molecule has 2 N–H and O–H groups in total. The highest BCUT2D eigenvalue weighted by molar-refractivity contribution is 7.17. The highest BCUT2D eigenvalue weighted by Crippen LogP contribution is 2.32. The van der Waals surface area contributed by atoms with Crippen LogP contribution in [0, 0.1) is 5.92 Å². The van der Waals surface area contributed by atoms with Gasteiger partial charge in [-0.3, -0.25) is 9.59 Å². The Morgan fingerprint density at radius 1 is 1.23 bits per heavy atom. The Labute approximate surface area is 156 Å². The van der Waals surface area contributed by atoms with Crippen LogP contribution in [0.3, 0.4) is 0 Å². The Bertz CT molecular complexity index is 826. The van der Waals surface area contributed by atoms with Crippen LogP contribution in [-0.4, -0.2) is 47.4 Å². The number of fused-ring (bicyclic) bond motifs is 3. The number of anilines is 1. The second kappa shape index (κ2) is 7.17. The molecule has 5 rings (SSSR count). The lowest BCUT2D eigenvalue weighted by Crippen LogP contribution is -2.57. The quantitative estimate of drug-likeness (QED) is 0.868. The standard InChI is InChI=1S/C19H22N4O2S/c1-12(24)21-15-5-3-2-4-14(15)19-20-10-17(26-19)18(25)22-16-11-23-8-6-13(16)7-9-23/h2-5,10,13,16H,6-9,11H2,1H3,(H,21,24)(H,22,25). The number of benzene rings is 1. The van der Waals surface area contributed by atoms with Gasteiger partial charge in [-0.25, -0.2) is 4.98 Å². The van der Waals surface area contributed by atoms with E-state index in [1.54, 1.807) is 6.20 Å². The summed E-state index contributed by atoms with van der Waals surface area (Å²) in [6.45, 7) is 4.74. The van der Waals surface area contributed by atoms with E-state index in [4.69, 9.17) is 0 Å². The molecular weight excluding hydrogens is 348 g/mol. The van der Waals surface area contributed by atoms with Crippen molar-refractivity contribution in [3.8, 4) is 10.6 Å². The third kappa shape index (κ3) is 3.50. The van der Waals surface area contributed by atoms with Gasteiger partial charge in [-0.05, 0) is 44.0 Å². The number of para-hydroxylation sites is 1. The Hall–Kier alpha value is -2.25. The molecule has 4 heterocycles. The fourth-order valence-electron chi connectivity index (χ4n) is 3.84. The number of piperidine rings is 3. The first kappa shape index (κ1) is 17.2. The molecule has 0 spiro atoms. The molecule has 0 aliphatic carbocycles. The normalized spacial score (nSPS) is 24.3. The maximum Gasteiger partial charge on any atom is 0.263 e. The molecule has 6 nitrogen and oxygen atoms in total. The lowest BCUT2D eigenvalue weighted by atomic mass is 9.84. The van der Waals surface area contributed by atoms with Crippen LogP contribution in [0.15, 0.2) is 30.5 Å². The van der Waals surface area contributed by atoms with Crippen molar-refractivity contribution in [1.82, 2.24) is 15.2 Å². The third-order valence-electron chi connectivity index (χ3n) is 5.17. The average Bonchev–Trinajstić information content (AvgIpc) is 3.13. The molecule has 2 amide bonds. The first-order valence-electron chi connectivity index (χ1n) is 8.96. The van der Waals surface area contributed by atoms with E-state index in [2.05, 4.69) is 20.5 Å². The van der Waals surface area contributed by atoms with E-state index < -0.39 is 0 Å². The highest BCUT2D eigenvalue weighted by atomic mass is 32.1. The third-order valence-corrected chi connectivity index (χ3v) is 6.20. The van der Waals surface area contributed by atoms with Crippen LogP contribution >= 0.6 is 11.3 Å². The average molecular weight is 370 g/mol. The topological polar surface area (TPSA) is 74.3 Å². The van der Waals surface area contributed by atoms with Crippen molar-refractivity contribution in [2.45, 2.75) is 25.8 Å². The minimum atomic E-state index is -0.130. The van der Waals surface area contributed by atoms with Crippen LogP contribution in [0.1, 0.15) is 29.4 Å². The molecule has 7 heteroatoms. The van der Waals surface area contributed by atoms with Crippen LogP contribution in [0.2, 0.25) is 0 Å². The minimum Gasteiger partial charge on any atom is -0.347 e. The zero-order chi connectivity index (χ0) is 18.1. The van der Waals surface area contributed by atoms with Crippen LogP contribution in [0.25, 0.3) is 10.6 Å². The summed E-state index contributed by atoms with van der Waals surface area (Å²) in [6.07, 6.45) is 3.97. The molecule has 3 aliphatic rings. The molecule has 2 bridgehead atoms. The first-order valence-corrected chi connectivity index (χ1v) is 9.78. The van der Waals surface area contributed by atoms with E-state index >= 15 is 0 Å². The highest BCUT2D eigenvalue weighted by Gasteiger charge is 2.35. The van der Waals surface area contributed by atoms with E-state index in [0.717, 1.165) is 30.2 Å². The van der Waals surface area contributed by atoms with Crippen molar-refractivity contribution in [2.75, 3.05) is 25.0 Å². The van der Waals surface area contributed by atoms with Gasteiger partial charge in [0.2, 0.25) is 5.91 Å². The summed E-state index contributed by atoms with van der Waals surface area (Å²) in [7, 11) is 0. The van der Waals surface area contributed by atoms with Gasteiger partial charge in [0.25, 0.3) is 5.91 Å². The number of carbonyl (C=O) groups excluding carboxylic acids is 2. The molecule has 1 aromatic heterocycles. The van der Waals surface area contributed by atoms with Crippen LogP contribution in [0.5, 0.6) is 0 Å². The van der Waals surface area contributed by atoms with Gasteiger partial charge < -0.3 is 15.5 Å². The van der Waals surface area contributed by atoms with E-state index in [9.17, 15) is 9.59 Å². The van der Waals surface area contributed by atoms with Gasteiger partial charge in [0, 0.05) is 25.1 Å². The number of aromatic nitrogens is 1. The maximum absolute atomic E-state index is 12.7. The number of thiazole rings is 1. The number of carbonyl (C=O) groups is 2. The van der Waals surface area contributed by atoms with Crippen LogP contribution in [0.4, 0.5) is 5.69 Å². The predicted molar refractivity (Wildman–Crippen MR) is 102 cm³/mol. The van der Waals surface area contributed by atoms with E-state index in [1.165, 1.54) is 31.1 Å². The van der Waals surface area contributed by atoms with E-state index in [1.807, 2.05) is 24.3 Å². The molecule has 136 valence electrons. The van der Waals surface area contributed by atoms with Gasteiger partial charge >= 0.3 is 0 Å². The van der Waals surface area contributed by atoms with Gasteiger partial charge in [-0.2, -0.15) is 0 Å². The number of amides is 2. The van der Waals surface area contributed by atoms with Crippen LogP contribution < -0.4 is 10.6 Å². The maximum atomic E-state index is 12.7. The lowest BCUT2D eigenvalue weighted by Gasteiger charge is -2.44. The van der Waals surface area contributed by atoms with Gasteiger partial charge in [-0.15, -0.1) is 11.3 Å². The Morgan fingerprint density at radius 3 is 2.69 bits per heavy atom. The number of hydrogen-bond acceptors (Lipinski definition) is 5. The number of nitrogens with zero attached hydrogens (tertiary/aromatic N) is 2. The molecule has 3 aliphatic heterocycles. The van der Waals surface area contributed by atoms with Crippen molar-refractivity contribution >= 4 is 28.8 Å². The summed E-state index contributed by atoms with van der Waals surface area (Å²) >= 11 is 1.36. The molecule has 26 heavy (non-hydrogen) atoms. The summed E-state index contributed by atoms with van der Waals surface area (Å²) in [4.78, 5) is 31.5. The number of hydrogen-bond donors (Lipinski definition) is 2. The van der Waals surface area contributed by atoms with Crippen molar-refractivity contribution in [1.29, 1.82) is 0 Å². The Kier molecular flexibility index (Phi) is 4.74. The Balaban J connectivity index is 1.50. The zero-order valence-electron chi connectivity index (χ0n) is 14.7. The second-order valence-electron chi connectivity index (χ2n) is 6.97. The first-order chi connectivity index (χ1) is 12.6. The lowest BCUT2D eigenvalue weighted by molar-refractivity contribution is -0.114. The molecule has 0 saturated carbocycles. The molecule has 0 radical (unpaired) electrons. The largest absolute Gasteiger partial charge is 0.347 e. The smallest absolute Gasteiger partial charge is 0.263 e. The van der Waals surface area contributed by atoms with Crippen molar-refractivity contribution < 1.29 is 9.59 Å². The Morgan fingerprint density at radius 2 is 2.00 bits per heavy atom. The summed E-state index contributed by atoms with van der Waals surface area (Å²) in [5, 5.41) is 6.74. The van der Waals surface area contributed by atoms with Crippen molar-refractivity contribution in [3.63, 3.8) is 0 Å². The molecule has 1 aromatic carbocycles. The van der Waals surface area contributed by atoms with Gasteiger partial charge in [0.15, 0.2) is 0 Å². The fourth-order valence-corrected chi connectivity index (χ4v) is 4.70. The van der Waals surface area contributed by atoms with Gasteiger partial charge in [0.1, 0.15) is 9.88 Å². The summed E-state index contributed by atoms with van der Waals surface area (Å²) in [6, 6.07) is 7.74. The monoisotopic (exact) mass is 370 g/mol. The molecule has 3 fully saturated rings.